The number of rotatable bonds is 9. The van der Waals surface area contributed by atoms with Crippen LogP contribution >= 0.6 is 7.82 Å². The molecule has 0 saturated heterocycles. The van der Waals surface area contributed by atoms with Crippen LogP contribution in [-0.2, 0) is 18.3 Å². The molecule has 0 radical (unpaired) electrons. The van der Waals surface area contributed by atoms with Gasteiger partial charge in [-0.15, -0.1) is 0 Å². The molecule has 14 heavy (non-hydrogen) atoms. The summed E-state index contributed by atoms with van der Waals surface area (Å²) in [6.45, 7) is 4.79. The molecular weight excluding hydrogens is 207 g/mol. The molecule has 0 rings (SSSR count). The zero-order chi connectivity index (χ0) is 10.9. The smallest absolute Gasteiger partial charge is 0.267 e. The van der Waals surface area contributed by atoms with Crippen molar-refractivity contribution in [3.63, 3.8) is 0 Å². The summed E-state index contributed by atoms with van der Waals surface area (Å²) in [5.74, 6) is 0. The maximum Gasteiger partial charge on any atom is 0.267 e. The first-order chi connectivity index (χ1) is 6.62. The Hall–Kier alpha value is 0.0700. The average Bonchev–Trinajstić information content (AvgIpc) is 2.13. The minimum Gasteiger partial charge on any atom is -0.756 e. The zero-order valence-corrected chi connectivity index (χ0v) is 9.63. The number of phosphoric ester groups is 1. The third-order valence-electron chi connectivity index (χ3n) is 1.43. The Morgan fingerprint density at radius 1 is 1.14 bits per heavy atom. The monoisotopic (exact) mass is 225 g/mol. The van der Waals surface area contributed by atoms with Crippen molar-refractivity contribution in [3.8, 4) is 0 Å². The molecule has 0 aromatic heterocycles. The quantitative estimate of drug-likeness (QED) is 0.437. The predicted molar refractivity (Wildman–Crippen MR) is 50.9 cm³/mol. The summed E-state index contributed by atoms with van der Waals surface area (Å²) in [5, 5.41) is 0. The third kappa shape index (κ3) is 8.66. The number of hydrogen-bond acceptors (Lipinski definition) is 5. The van der Waals surface area contributed by atoms with Crippen LogP contribution < -0.4 is 4.89 Å². The number of phosphoric acid groups is 1. The Labute approximate surface area is 85.0 Å². The third-order valence-corrected chi connectivity index (χ3v) is 2.43. The van der Waals surface area contributed by atoms with Crippen molar-refractivity contribution in [3.05, 3.63) is 0 Å². The first kappa shape index (κ1) is 14.1. The molecule has 0 aromatic carbocycles. The van der Waals surface area contributed by atoms with E-state index >= 15 is 0 Å². The van der Waals surface area contributed by atoms with Crippen molar-refractivity contribution in [1.29, 1.82) is 0 Å². The van der Waals surface area contributed by atoms with Gasteiger partial charge in [-0.3, -0.25) is 4.57 Å². The van der Waals surface area contributed by atoms with E-state index in [1.807, 2.05) is 13.8 Å². The van der Waals surface area contributed by atoms with E-state index in [-0.39, 0.29) is 19.8 Å². The SMILES string of the molecule is CCCCOP(=O)([O-])OCCOCC. The fourth-order valence-electron chi connectivity index (χ4n) is 0.710. The highest BCUT2D eigenvalue weighted by Crippen LogP contribution is 2.37. The van der Waals surface area contributed by atoms with E-state index in [1.54, 1.807) is 0 Å². The Balaban J connectivity index is 3.46. The van der Waals surface area contributed by atoms with Crippen LogP contribution in [0.4, 0.5) is 0 Å². The molecular formula is C8H18O5P-. The van der Waals surface area contributed by atoms with Crippen molar-refractivity contribution in [1.82, 2.24) is 0 Å². The minimum atomic E-state index is -4.09. The summed E-state index contributed by atoms with van der Waals surface area (Å²) in [6, 6.07) is 0. The lowest BCUT2D eigenvalue weighted by molar-refractivity contribution is -0.226. The number of hydrogen-bond donors (Lipinski definition) is 0. The van der Waals surface area contributed by atoms with Gasteiger partial charge < -0.3 is 18.7 Å². The van der Waals surface area contributed by atoms with Gasteiger partial charge in [0.15, 0.2) is 0 Å². The van der Waals surface area contributed by atoms with Crippen LogP contribution in [0.25, 0.3) is 0 Å². The molecule has 1 atom stereocenters. The molecule has 0 amide bonds. The van der Waals surface area contributed by atoms with Crippen molar-refractivity contribution < 1.29 is 23.2 Å². The summed E-state index contributed by atoms with van der Waals surface area (Å²) in [4.78, 5) is 11.0. The summed E-state index contributed by atoms with van der Waals surface area (Å²) in [5.41, 5.74) is 0. The van der Waals surface area contributed by atoms with Crippen LogP contribution in [0.3, 0.4) is 0 Å². The van der Waals surface area contributed by atoms with Crippen LogP contribution in [0.2, 0.25) is 0 Å². The first-order valence-electron chi connectivity index (χ1n) is 4.80. The van der Waals surface area contributed by atoms with E-state index in [4.69, 9.17) is 4.74 Å². The van der Waals surface area contributed by atoms with Gasteiger partial charge in [0.05, 0.1) is 19.8 Å². The van der Waals surface area contributed by atoms with Crippen molar-refractivity contribution in [2.75, 3.05) is 26.4 Å². The molecule has 86 valence electrons. The van der Waals surface area contributed by atoms with Crippen LogP contribution in [0, 0.1) is 0 Å². The molecule has 0 aliphatic carbocycles. The van der Waals surface area contributed by atoms with Crippen LogP contribution in [-0.4, -0.2) is 26.4 Å². The van der Waals surface area contributed by atoms with Gasteiger partial charge in [0, 0.05) is 6.61 Å². The van der Waals surface area contributed by atoms with E-state index < -0.39 is 7.82 Å². The molecule has 6 heteroatoms. The molecule has 0 saturated carbocycles. The van der Waals surface area contributed by atoms with Gasteiger partial charge in [0.25, 0.3) is 7.82 Å². The average molecular weight is 225 g/mol. The second-order valence-electron chi connectivity index (χ2n) is 2.66. The second kappa shape index (κ2) is 8.38. The Kier molecular flexibility index (Phi) is 8.43. The van der Waals surface area contributed by atoms with Gasteiger partial charge in [0.2, 0.25) is 0 Å². The number of unbranched alkanes of at least 4 members (excludes halogenated alkanes) is 1. The lowest BCUT2D eigenvalue weighted by atomic mass is 10.4. The zero-order valence-electron chi connectivity index (χ0n) is 8.73. The lowest BCUT2D eigenvalue weighted by Gasteiger charge is -2.22. The van der Waals surface area contributed by atoms with Gasteiger partial charge in [-0.25, -0.2) is 0 Å². The maximum absolute atomic E-state index is 11.0. The standard InChI is InChI=1S/C8H19O5P/c1-3-5-6-12-14(9,10)13-8-7-11-4-2/h3-8H2,1-2H3,(H,9,10)/p-1. The highest BCUT2D eigenvalue weighted by Gasteiger charge is 2.07. The van der Waals surface area contributed by atoms with E-state index in [9.17, 15) is 9.46 Å². The van der Waals surface area contributed by atoms with E-state index in [0.717, 1.165) is 6.42 Å². The summed E-state index contributed by atoms with van der Waals surface area (Å²) in [7, 11) is -4.09. The van der Waals surface area contributed by atoms with Gasteiger partial charge in [-0.1, -0.05) is 13.3 Å². The minimum absolute atomic E-state index is 0.0146. The fourth-order valence-corrected chi connectivity index (χ4v) is 1.44. The first-order valence-corrected chi connectivity index (χ1v) is 6.26. The Bertz CT molecular complexity index is 173. The number of ether oxygens (including phenoxy) is 1. The topological polar surface area (TPSA) is 67.8 Å². The van der Waals surface area contributed by atoms with Crippen LogP contribution in [0.15, 0.2) is 0 Å². The largest absolute Gasteiger partial charge is 0.756 e. The molecule has 0 heterocycles. The Morgan fingerprint density at radius 2 is 1.79 bits per heavy atom. The van der Waals surface area contributed by atoms with Crippen molar-refractivity contribution in [2.24, 2.45) is 0 Å². The molecule has 0 bridgehead atoms. The Morgan fingerprint density at radius 3 is 2.36 bits per heavy atom. The highest BCUT2D eigenvalue weighted by molar-refractivity contribution is 7.45. The maximum atomic E-state index is 11.0. The molecule has 0 spiro atoms. The molecule has 5 nitrogen and oxygen atoms in total. The van der Waals surface area contributed by atoms with E-state index in [0.29, 0.717) is 13.0 Å². The van der Waals surface area contributed by atoms with E-state index in [1.165, 1.54) is 0 Å². The lowest BCUT2D eigenvalue weighted by Crippen LogP contribution is -2.12. The van der Waals surface area contributed by atoms with Crippen LogP contribution in [0.1, 0.15) is 26.7 Å². The van der Waals surface area contributed by atoms with Gasteiger partial charge in [0.1, 0.15) is 0 Å². The normalized spacial score (nSPS) is 15.4. The highest BCUT2D eigenvalue weighted by atomic mass is 31.2. The van der Waals surface area contributed by atoms with E-state index in [2.05, 4.69) is 9.05 Å². The predicted octanol–water partition coefficient (Wildman–Crippen LogP) is 1.32. The molecule has 0 aliphatic heterocycles. The molecule has 0 N–H and O–H groups in total. The second-order valence-corrected chi connectivity index (χ2v) is 4.07. The summed E-state index contributed by atoms with van der Waals surface area (Å²) in [6.07, 6.45) is 1.60. The van der Waals surface area contributed by atoms with Gasteiger partial charge >= 0.3 is 0 Å². The van der Waals surface area contributed by atoms with Crippen LogP contribution in [0.5, 0.6) is 0 Å². The fraction of sp³-hybridized carbons (Fsp3) is 1.00. The van der Waals surface area contributed by atoms with Crippen molar-refractivity contribution >= 4 is 7.82 Å². The molecule has 1 unspecified atom stereocenters. The molecule has 0 fully saturated rings. The van der Waals surface area contributed by atoms with Gasteiger partial charge in [-0.2, -0.15) is 0 Å². The van der Waals surface area contributed by atoms with Gasteiger partial charge in [-0.05, 0) is 13.3 Å². The molecule has 0 aliphatic rings. The van der Waals surface area contributed by atoms with Crippen molar-refractivity contribution in [2.45, 2.75) is 26.7 Å². The molecule has 0 aromatic rings. The summed E-state index contributed by atoms with van der Waals surface area (Å²) < 4.78 is 25.0. The summed E-state index contributed by atoms with van der Waals surface area (Å²) >= 11 is 0.